The van der Waals surface area contributed by atoms with E-state index in [0.29, 0.717) is 0 Å². The lowest BCUT2D eigenvalue weighted by Gasteiger charge is -2.36. The van der Waals surface area contributed by atoms with Gasteiger partial charge in [0.1, 0.15) is 11.6 Å². The number of hydrogen-bond acceptors (Lipinski definition) is 1. The molecule has 0 amide bonds. The van der Waals surface area contributed by atoms with Crippen LogP contribution in [0, 0.1) is 12.7 Å². The fourth-order valence-electron chi connectivity index (χ4n) is 2.93. The van der Waals surface area contributed by atoms with E-state index in [1.54, 1.807) is 6.07 Å². The van der Waals surface area contributed by atoms with Crippen molar-refractivity contribution in [3.8, 4) is 5.75 Å². The minimum Gasteiger partial charge on any atom is -0.542 e. The second-order valence-electron chi connectivity index (χ2n) is 8.51. The maximum atomic E-state index is 14.0. The van der Waals surface area contributed by atoms with E-state index in [1.807, 2.05) is 24.3 Å². The van der Waals surface area contributed by atoms with Gasteiger partial charge in [-0.1, -0.05) is 51.1 Å². The Morgan fingerprint density at radius 2 is 1.69 bits per heavy atom. The molecule has 0 bridgehead atoms. The Labute approximate surface area is 156 Å². The molecule has 0 spiro atoms. The highest BCUT2D eigenvalue weighted by molar-refractivity contribution is 6.74. The molecule has 0 saturated carbocycles. The van der Waals surface area contributed by atoms with Gasteiger partial charge in [-0.2, -0.15) is 0 Å². The lowest BCUT2D eigenvalue weighted by Crippen LogP contribution is -2.44. The summed E-state index contributed by atoms with van der Waals surface area (Å²) in [7, 11) is -2.03. The van der Waals surface area contributed by atoms with Crippen molar-refractivity contribution >= 4 is 19.2 Å². The normalized spacial score (nSPS) is 12.6. The molecule has 0 unspecified atom stereocenters. The molecule has 1 aromatic heterocycles. The van der Waals surface area contributed by atoms with Crippen LogP contribution in [0.2, 0.25) is 18.1 Å². The lowest BCUT2D eigenvalue weighted by molar-refractivity contribution is 0.490. The van der Waals surface area contributed by atoms with Crippen LogP contribution in [0.5, 0.6) is 5.75 Å². The molecular formula is C22H28FNOSi. The number of benzene rings is 2. The number of fused-ring (bicyclic) bond motifs is 1. The molecule has 0 aliphatic rings. The van der Waals surface area contributed by atoms with Crippen molar-refractivity contribution < 1.29 is 8.82 Å². The Morgan fingerprint density at radius 1 is 1.04 bits per heavy atom. The predicted octanol–water partition coefficient (Wildman–Crippen LogP) is 6.52. The predicted molar refractivity (Wildman–Crippen MR) is 110 cm³/mol. The van der Waals surface area contributed by atoms with E-state index in [4.69, 9.17) is 4.43 Å². The van der Waals surface area contributed by atoms with Gasteiger partial charge in [0, 0.05) is 11.9 Å². The summed E-state index contributed by atoms with van der Waals surface area (Å²) in [5.74, 6) is 0.608. The van der Waals surface area contributed by atoms with Gasteiger partial charge in [-0.25, -0.2) is 4.39 Å². The fraction of sp³-hybridized carbons (Fsp3) is 0.364. The molecule has 0 radical (unpaired) electrons. The van der Waals surface area contributed by atoms with Crippen LogP contribution in [0.25, 0.3) is 10.9 Å². The molecule has 0 saturated heterocycles. The van der Waals surface area contributed by atoms with Crippen LogP contribution >= 0.6 is 0 Å². The van der Waals surface area contributed by atoms with Crippen molar-refractivity contribution in [2.45, 2.75) is 52.4 Å². The molecule has 4 heteroatoms. The summed E-state index contributed by atoms with van der Waals surface area (Å²) in [5.41, 5.74) is 3.29. The van der Waals surface area contributed by atoms with Gasteiger partial charge in [0.05, 0.1) is 11.2 Å². The van der Waals surface area contributed by atoms with Gasteiger partial charge in [-0.05, 0) is 48.8 Å². The average molecular weight is 370 g/mol. The van der Waals surface area contributed by atoms with Crippen LogP contribution in [0.15, 0.2) is 48.5 Å². The van der Waals surface area contributed by atoms with Crippen LogP contribution in [-0.2, 0) is 6.54 Å². The fourth-order valence-corrected chi connectivity index (χ4v) is 4.00. The smallest absolute Gasteiger partial charge is 0.250 e. The van der Waals surface area contributed by atoms with Crippen molar-refractivity contribution in [3.05, 3.63) is 65.6 Å². The number of nitrogens with zero attached hydrogens (tertiary/aromatic N) is 1. The van der Waals surface area contributed by atoms with Gasteiger partial charge < -0.3 is 8.99 Å². The molecule has 0 fully saturated rings. The third-order valence-corrected chi connectivity index (χ3v) is 9.90. The Balaban J connectivity index is 2.14. The van der Waals surface area contributed by atoms with Crippen molar-refractivity contribution in [2.75, 3.05) is 0 Å². The zero-order chi connectivity index (χ0) is 19.1. The minimum absolute atomic E-state index is 0.0839. The molecule has 138 valence electrons. The maximum absolute atomic E-state index is 14.0. The van der Waals surface area contributed by atoms with Crippen LogP contribution < -0.4 is 4.43 Å². The molecule has 2 nitrogen and oxygen atoms in total. The van der Waals surface area contributed by atoms with E-state index in [0.717, 1.165) is 28.9 Å². The summed E-state index contributed by atoms with van der Waals surface area (Å²) in [5, 5.41) is 0.948. The van der Waals surface area contributed by atoms with Crippen LogP contribution in [0.3, 0.4) is 0 Å². The molecule has 2 aromatic carbocycles. The average Bonchev–Trinajstić information content (AvgIpc) is 2.80. The summed E-state index contributed by atoms with van der Waals surface area (Å²) >= 11 is 0. The van der Waals surface area contributed by atoms with Crippen molar-refractivity contribution in [2.24, 2.45) is 0 Å². The van der Waals surface area contributed by atoms with Gasteiger partial charge in [-0.3, -0.25) is 0 Å². The van der Waals surface area contributed by atoms with Gasteiger partial charge in [0.25, 0.3) is 8.32 Å². The Kier molecular flexibility index (Phi) is 4.74. The second kappa shape index (κ2) is 6.58. The topological polar surface area (TPSA) is 14.2 Å². The quantitative estimate of drug-likeness (QED) is 0.477. The molecule has 0 N–H and O–H groups in total. The SMILES string of the molecule is Cc1c(O[Si](C)(C)C(C)(C)C)c2cc(F)ccc2n1Cc1ccccc1. The summed E-state index contributed by atoms with van der Waals surface area (Å²) < 4.78 is 22.9. The van der Waals surface area contributed by atoms with Gasteiger partial charge >= 0.3 is 0 Å². The van der Waals surface area contributed by atoms with E-state index in [-0.39, 0.29) is 10.9 Å². The molecule has 1 heterocycles. The minimum atomic E-state index is -2.03. The number of aromatic nitrogens is 1. The van der Waals surface area contributed by atoms with Crippen LogP contribution in [0.1, 0.15) is 32.0 Å². The van der Waals surface area contributed by atoms with Gasteiger partial charge in [0.15, 0.2) is 0 Å². The third-order valence-electron chi connectivity index (χ3n) is 5.57. The highest BCUT2D eigenvalue weighted by atomic mass is 28.4. The largest absolute Gasteiger partial charge is 0.542 e. The number of rotatable bonds is 4. The number of halogens is 1. The van der Waals surface area contributed by atoms with Gasteiger partial charge in [-0.15, -0.1) is 0 Å². The monoisotopic (exact) mass is 369 g/mol. The molecule has 0 aliphatic heterocycles. The third kappa shape index (κ3) is 3.43. The van der Waals surface area contributed by atoms with E-state index in [1.165, 1.54) is 11.6 Å². The first-order valence-corrected chi connectivity index (χ1v) is 12.0. The summed E-state index contributed by atoms with van der Waals surface area (Å²) in [4.78, 5) is 0. The molecular weight excluding hydrogens is 341 g/mol. The molecule has 3 rings (SSSR count). The Bertz CT molecular complexity index is 923. The maximum Gasteiger partial charge on any atom is 0.250 e. The molecule has 26 heavy (non-hydrogen) atoms. The van der Waals surface area contributed by atoms with E-state index >= 15 is 0 Å². The van der Waals surface area contributed by atoms with Crippen LogP contribution in [0.4, 0.5) is 4.39 Å². The van der Waals surface area contributed by atoms with Crippen molar-refractivity contribution in [3.63, 3.8) is 0 Å². The summed E-state index contributed by atoms with van der Waals surface area (Å²) in [6, 6.07) is 15.3. The summed E-state index contributed by atoms with van der Waals surface area (Å²) in [6.45, 7) is 13.9. The Hall–Kier alpha value is -2.07. The second-order valence-corrected chi connectivity index (χ2v) is 13.2. The van der Waals surface area contributed by atoms with Crippen molar-refractivity contribution in [1.82, 2.24) is 4.57 Å². The molecule has 0 atom stereocenters. The van der Waals surface area contributed by atoms with E-state index < -0.39 is 8.32 Å². The summed E-state index contributed by atoms with van der Waals surface area (Å²) in [6.07, 6.45) is 0. The van der Waals surface area contributed by atoms with Gasteiger partial charge in [0.2, 0.25) is 0 Å². The Morgan fingerprint density at radius 3 is 2.31 bits per heavy atom. The van der Waals surface area contributed by atoms with Crippen molar-refractivity contribution in [1.29, 1.82) is 0 Å². The zero-order valence-electron chi connectivity index (χ0n) is 16.6. The van der Waals surface area contributed by atoms with E-state index in [2.05, 4.69) is 57.5 Å². The first-order valence-electron chi connectivity index (χ1n) is 9.11. The first kappa shape index (κ1) is 18.7. The standard InChI is InChI=1S/C22H28FNOSi/c1-16-21(25-26(5,6)22(2,3)4)19-14-18(23)12-13-20(19)24(16)15-17-10-8-7-9-11-17/h7-14H,15H2,1-6H3. The van der Waals surface area contributed by atoms with Crippen LogP contribution in [-0.4, -0.2) is 12.9 Å². The zero-order valence-corrected chi connectivity index (χ0v) is 17.6. The lowest BCUT2D eigenvalue weighted by atomic mass is 10.2. The molecule has 0 aliphatic carbocycles. The van der Waals surface area contributed by atoms with E-state index in [9.17, 15) is 4.39 Å². The highest BCUT2D eigenvalue weighted by Crippen LogP contribution is 2.42. The molecule has 3 aromatic rings. The highest BCUT2D eigenvalue weighted by Gasteiger charge is 2.40. The first-order chi connectivity index (χ1) is 12.1. The number of hydrogen-bond donors (Lipinski definition) is 0.